The van der Waals surface area contributed by atoms with Crippen LogP contribution in [0.4, 0.5) is 5.82 Å². The number of carbonyl (C=O) groups is 1. The molecule has 154 valence electrons. The van der Waals surface area contributed by atoms with Gasteiger partial charge in [-0.3, -0.25) is 4.79 Å². The minimum Gasteiger partial charge on any atom is -0.353 e. The third kappa shape index (κ3) is 4.28. The van der Waals surface area contributed by atoms with Gasteiger partial charge in [0.25, 0.3) is 0 Å². The van der Waals surface area contributed by atoms with Gasteiger partial charge in [-0.25, -0.2) is 4.98 Å². The van der Waals surface area contributed by atoms with E-state index in [0.29, 0.717) is 24.1 Å². The molecule has 0 bridgehead atoms. The molecule has 1 aliphatic heterocycles. The Bertz CT molecular complexity index is 831. The minimum absolute atomic E-state index is 0.323. The van der Waals surface area contributed by atoms with Crippen molar-refractivity contribution in [2.45, 2.75) is 57.3 Å². The van der Waals surface area contributed by atoms with E-state index in [4.69, 9.17) is 4.52 Å². The standard InChI is InChI=1S/C22H29N5O2/c28-20(10-5-16-3-1-2-4-16)27-13-11-26(12-14-27)19-9-8-18(15-23-19)21-24-22(29-25-21)17-6-7-17/h8-9,15-17H,1-7,10-14H2. The molecule has 29 heavy (non-hydrogen) atoms. The third-order valence-corrected chi connectivity index (χ3v) is 6.57. The maximum absolute atomic E-state index is 12.5. The van der Waals surface area contributed by atoms with E-state index in [-0.39, 0.29) is 0 Å². The summed E-state index contributed by atoms with van der Waals surface area (Å²) in [5, 5.41) is 4.08. The van der Waals surface area contributed by atoms with Crippen molar-refractivity contribution in [3.8, 4) is 11.4 Å². The summed E-state index contributed by atoms with van der Waals surface area (Å²) in [4.78, 5) is 25.9. The number of amides is 1. The lowest BCUT2D eigenvalue weighted by Crippen LogP contribution is -2.49. The summed E-state index contributed by atoms with van der Waals surface area (Å²) in [6.45, 7) is 3.22. The molecule has 3 fully saturated rings. The Morgan fingerprint density at radius 1 is 1.07 bits per heavy atom. The van der Waals surface area contributed by atoms with Crippen LogP contribution in [0.3, 0.4) is 0 Å². The van der Waals surface area contributed by atoms with Crippen molar-refractivity contribution < 1.29 is 9.32 Å². The fraction of sp³-hybridized carbons (Fsp3) is 0.636. The monoisotopic (exact) mass is 395 g/mol. The van der Waals surface area contributed by atoms with Gasteiger partial charge in [0.2, 0.25) is 17.6 Å². The molecule has 5 rings (SSSR count). The average molecular weight is 396 g/mol. The molecule has 3 aliphatic rings. The number of anilines is 1. The van der Waals surface area contributed by atoms with Crippen molar-refractivity contribution in [3.05, 3.63) is 24.2 Å². The third-order valence-electron chi connectivity index (χ3n) is 6.57. The number of carbonyl (C=O) groups excluding carboxylic acids is 1. The van der Waals surface area contributed by atoms with Crippen LogP contribution in [0.1, 0.15) is 63.2 Å². The quantitative estimate of drug-likeness (QED) is 0.743. The predicted molar refractivity (Wildman–Crippen MR) is 109 cm³/mol. The van der Waals surface area contributed by atoms with Crippen molar-refractivity contribution in [1.29, 1.82) is 0 Å². The molecule has 3 heterocycles. The first-order valence-corrected chi connectivity index (χ1v) is 11.1. The van der Waals surface area contributed by atoms with Crippen LogP contribution in [-0.2, 0) is 4.79 Å². The number of hydrogen-bond donors (Lipinski definition) is 0. The first-order chi connectivity index (χ1) is 14.3. The van der Waals surface area contributed by atoms with E-state index in [1.807, 2.05) is 23.2 Å². The topological polar surface area (TPSA) is 75.4 Å². The lowest BCUT2D eigenvalue weighted by Gasteiger charge is -2.35. The second-order valence-corrected chi connectivity index (χ2v) is 8.69. The maximum atomic E-state index is 12.5. The van der Waals surface area contributed by atoms with Gasteiger partial charge in [-0.15, -0.1) is 0 Å². The van der Waals surface area contributed by atoms with Gasteiger partial charge in [-0.05, 0) is 37.3 Å². The van der Waals surface area contributed by atoms with Crippen molar-refractivity contribution in [2.75, 3.05) is 31.1 Å². The fourth-order valence-electron chi connectivity index (χ4n) is 4.52. The second-order valence-electron chi connectivity index (χ2n) is 8.69. The van der Waals surface area contributed by atoms with E-state index in [0.717, 1.165) is 68.6 Å². The first kappa shape index (κ1) is 18.6. The van der Waals surface area contributed by atoms with Crippen LogP contribution in [-0.4, -0.2) is 52.1 Å². The summed E-state index contributed by atoms with van der Waals surface area (Å²) >= 11 is 0. The molecule has 7 heteroatoms. The highest BCUT2D eigenvalue weighted by Crippen LogP contribution is 2.39. The zero-order valence-corrected chi connectivity index (χ0v) is 16.9. The van der Waals surface area contributed by atoms with Crippen LogP contribution < -0.4 is 4.90 Å². The Morgan fingerprint density at radius 3 is 2.55 bits per heavy atom. The van der Waals surface area contributed by atoms with Gasteiger partial charge in [0.05, 0.1) is 0 Å². The summed E-state index contributed by atoms with van der Waals surface area (Å²) in [6.07, 6.45) is 11.2. The van der Waals surface area contributed by atoms with Crippen LogP contribution in [0, 0.1) is 5.92 Å². The van der Waals surface area contributed by atoms with Gasteiger partial charge in [-0.1, -0.05) is 30.8 Å². The van der Waals surface area contributed by atoms with E-state index in [9.17, 15) is 4.79 Å². The van der Waals surface area contributed by atoms with E-state index in [2.05, 4.69) is 20.0 Å². The van der Waals surface area contributed by atoms with E-state index in [1.165, 1.54) is 25.7 Å². The summed E-state index contributed by atoms with van der Waals surface area (Å²) in [5.41, 5.74) is 0.880. The normalized spacial score (nSPS) is 20.4. The summed E-state index contributed by atoms with van der Waals surface area (Å²) in [7, 11) is 0. The maximum Gasteiger partial charge on any atom is 0.230 e. The van der Waals surface area contributed by atoms with Crippen molar-refractivity contribution in [1.82, 2.24) is 20.0 Å². The van der Waals surface area contributed by atoms with Gasteiger partial charge in [-0.2, -0.15) is 4.98 Å². The smallest absolute Gasteiger partial charge is 0.230 e. The van der Waals surface area contributed by atoms with Crippen LogP contribution in [0.2, 0.25) is 0 Å². The molecule has 0 unspecified atom stereocenters. The number of rotatable bonds is 6. The van der Waals surface area contributed by atoms with Crippen molar-refractivity contribution in [2.24, 2.45) is 5.92 Å². The average Bonchev–Trinajstić information content (AvgIpc) is 3.27. The molecule has 0 N–H and O–H groups in total. The molecule has 2 aromatic heterocycles. The van der Waals surface area contributed by atoms with Gasteiger partial charge < -0.3 is 14.3 Å². The second kappa shape index (κ2) is 8.13. The lowest BCUT2D eigenvalue weighted by molar-refractivity contribution is -0.131. The van der Waals surface area contributed by atoms with E-state index >= 15 is 0 Å². The Morgan fingerprint density at radius 2 is 1.86 bits per heavy atom. The minimum atomic E-state index is 0.323. The SMILES string of the molecule is O=C(CCC1CCCC1)N1CCN(c2ccc(-c3noc(C4CC4)n3)cn2)CC1. The molecular formula is C22H29N5O2. The van der Waals surface area contributed by atoms with E-state index in [1.54, 1.807) is 0 Å². The molecule has 7 nitrogen and oxygen atoms in total. The Kier molecular flexibility index (Phi) is 5.21. The molecule has 0 aromatic carbocycles. The number of hydrogen-bond acceptors (Lipinski definition) is 6. The zero-order valence-electron chi connectivity index (χ0n) is 16.9. The fourth-order valence-corrected chi connectivity index (χ4v) is 4.52. The van der Waals surface area contributed by atoms with Gasteiger partial charge in [0.15, 0.2) is 0 Å². The summed E-state index contributed by atoms with van der Waals surface area (Å²) < 4.78 is 5.34. The Balaban J connectivity index is 1.12. The van der Waals surface area contributed by atoms with Crippen molar-refractivity contribution >= 4 is 11.7 Å². The van der Waals surface area contributed by atoms with Crippen LogP contribution in [0.5, 0.6) is 0 Å². The number of piperazine rings is 1. The summed E-state index contributed by atoms with van der Waals surface area (Å²) in [6, 6.07) is 4.02. The van der Waals surface area contributed by atoms with Gasteiger partial charge in [0.1, 0.15) is 5.82 Å². The molecule has 2 saturated carbocycles. The number of pyridine rings is 1. The number of aromatic nitrogens is 3. The largest absolute Gasteiger partial charge is 0.353 e. The zero-order chi connectivity index (χ0) is 19.6. The lowest BCUT2D eigenvalue weighted by atomic mass is 10.0. The molecule has 1 amide bonds. The van der Waals surface area contributed by atoms with Crippen LogP contribution in [0.15, 0.2) is 22.9 Å². The molecule has 0 radical (unpaired) electrons. The summed E-state index contributed by atoms with van der Waals surface area (Å²) in [5.74, 6) is 3.87. The van der Waals surface area contributed by atoms with Gasteiger partial charge >= 0.3 is 0 Å². The Hall–Kier alpha value is -2.44. The highest BCUT2D eigenvalue weighted by molar-refractivity contribution is 5.76. The highest BCUT2D eigenvalue weighted by atomic mass is 16.5. The molecule has 1 saturated heterocycles. The molecular weight excluding hydrogens is 366 g/mol. The van der Waals surface area contributed by atoms with Crippen molar-refractivity contribution in [3.63, 3.8) is 0 Å². The first-order valence-electron chi connectivity index (χ1n) is 11.1. The van der Waals surface area contributed by atoms with E-state index < -0.39 is 0 Å². The van der Waals surface area contributed by atoms with Crippen LogP contribution >= 0.6 is 0 Å². The van der Waals surface area contributed by atoms with Gasteiger partial charge in [0, 0.05) is 50.3 Å². The molecule has 2 aliphatic carbocycles. The number of nitrogens with zero attached hydrogens (tertiary/aromatic N) is 5. The Labute approximate surface area is 171 Å². The predicted octanol–water partition coefficient (Wildman–Crippen LogP) is 3.63. The molecule has 0 spiro atoms. The van der Waals surface area contributed by atoms with Crippen LogP contribution in [0.25, 0.3) is 11.4 Å². The molecule has 2 aromatic rings. The highest BCUT2D eigenvalue weighted by Gasteiger charge is 2.30. The molecule has 0 atom stereocenters.